The average molecular weight is 213 g/mol. The highest BCUT2D eigenvalue weighted by atomic mass is 32.2. The number of rotatable bonds is 5. The first-order valence-electron chi connectivity index (χ1n) is 4.37. The average Bonchev–Trinajstić information content (AvgIpc) is 2.20. The largest absolute Gasteiger partial charge is 0.378 e. The van der Waals surface area contributed by atoms with Crippen LogP contribution in [-0.2, 0) is 4.74 Å². The number of methoxy groups -OCH3 is 1. The Kier molecular flexibility index (Phi) is 4.97. The number of aliphatic hydroxyl groups is 1. The highest BCUT2D eigenvalue weighted by molar-refractivity contribution is 7.99. The van der Waals surface area contributed by atoms with E-state index in [-0.39, 0.29) is 5.44 Å². The molecule has 2 atom stereocenters. The second-order valence-corrected chi connectivity index (χ2v) is 3.97. The van der Waals surface area contributed by atoms with E-state index in [1.165, 1.54) is 11.8 Å². The molecule has 0 radical (unpaired) electrons. The first-order valence-corrected chi connectivity index (χ1v) is 5.42. The quantitative estimate of drug-likeness (QED) is 0.725. The van der Waals surface area contributed by atoms with Crippen molar-refractivity contribution in [1.82, 2.24) is 0 Å². The highest BCUT2D eigenvalue weighted by Gasteiger charge is 2.11. The van der Waals surface area contributed by atoms with Gasteiger partial charge in [-0.1, -0.05) is 30.3 Å². The van der Waals surface area contributed by atoms with E-state index in [2.05, 4.69) is 0 Å². The summed E-state index contributed by atoms with van der Waals surface area (Å²) in [6, 6.07) is 9.86. The number of nitrogens with two attached hydrogens (primary N) is 1. The van der Waals surface area contributed by atoms with Crippen molar-refractivity contribution in [2.24, 2.45) is 5.73 Å². The van der Waals surface area contributed by atoms with Gasteiger partial charge < -0.3 is 15.6 Å². The number of hydrogen-bond acceptors (Lipinski definition) is 4. The summed E-state index contributed by atoms with van der Waals surface area (Å²) in [4.78, 5) is 0. The van der Waals surface area contributed by atoms with Gasteiger partial charge in [-0.25, -0.2) is 0 Å². The molecule has 0 aliphatic rings. The Labute approximate surface area is 88.3 Å². The van der Waals surface area contributed by atoms with Crippen molar-refractivity contribution in [2.45, 2.75) is 11.7 Å². The van der Waals surface area contributed by atoms with Crippen molar-refractivity contribution in [3.8, 4) is 0 Å². The Bertz CT molecular complexity index is 254. The molecule has 0 aliphatic heterocycles. The van der Waals surface area contributed by atoms with Gasteiger partial charge in [-0.05, 0) is 5.56 Å². The summed E-state index contributed by atoms with van der Waals surface area (Å²) in [6.45, 7) is 0. The van der Waals surface area contributed by atoms with Crippen LogP contribution >= 0.6 is 11.8 Å². The van der Waals surface area contributed by atoms with Crippen molar-refractivity contribution in [1.29, 1.82) is 0 Å². The highest BCUT2D eigenvalue weighted by Crippen LogP contribution is 2.28. The van der Waals surface area contributed by atoms with Gasteiger partial charge in [0.05, 0.1) is 0 Å². The van der Waals surface area contributed by atoms with Crippen LogP contribution in [0.3, 0.4) is 0 Å². The topological polar surface area (TPSA) is 55.5 Å². The standard InChI is InChI=1S/C10H15NO2S/c1-13-10(14-7-9(11)12)8-5-3-2-4-6-8/h2-6,9-10,12H,7,11H2,1H3/t9-,10?/m1/s1. The maximum atomic E-state index is 8.95. The molecule has 0 amide bonds. The van der Waals surface area contributed by atoms with Crippen LogP contribution in [0.5, 0.6) is 0 Å². The molecule has 0 saturated carbocycles. The molecule has 1 rings (SSSR count). The summed E-state index contributed by atoms with van der Waals surface area (Å²) in [5, 5.41) is 8.95. The molecule has 14 heavy (non-hydrogen) atoms. The fourth-order valence-corrected chi connectivity index (χ4v) is 1.95. The lowest BCUT2D eigenvalue weighted by Crippen LogP contribution is -2.22. The fourth-order valence-electron chi connectivity index (χ4n) is 1.10. The molecule has 0 fully saturated rings. The van der Waals surface area contributed by atoms with Crippen LogP contribution in [0.25, 0.3) is 0 Å². The maximum absolute atomic E-state index is 8.95. The van der Waals surface area contributed by atoms with Crippen molar-refractivity contribution in [2.75, 3.05) is 12.9 Å². The Balaban J connectivity index is 2.54. The van der Waals surface area contributed by atoms with Crippen LogP contribution in [0.2, 0.25) is 0 Å². The van der Waals surface area contributed by atoms with Gasteiger partial charge in [-0.2, -0.15) is 0 Å². The lowest BCUT2D eigenvalue weighted by molar-refractivity contribution is 0.172. The lowest BCUT2D eigenvalue weighted by Gasteiger charge is -2.15. The summed E-state index contributed by atoms with van der Waals surface area (Å²) in [5.41, 5.74) is 6.28. The van der Waals surface area contributed by atoms with Gasteiger partial charge in [-0.3, -0.25) is 0 Å². The van der Waals surface area contributed by atoms with E-state index in [1.807, 2.05) is 30.3 Å². The Morgan fingerprint density at radius 1 is 1.43 bits per heavy atom. The van der Waals surface area contributed by atoms with Crippen LogP contribution in [-0.4, -0.2) is 24.2 Å². The smallest absolute Gasteiger partial charge is 0.128 e. The van der Waals surface area contributed by atoms with Crippen molar-refractivity contribution in [3.63, 3.8) is 0 Å². The van der Waals surface area contributed by atoms with Gasteiger partial charge in [-0.15, -0.1) is 11.8 Å². The van der Waals surface area contributed by atoms with E-state index in [0.29, 0.717) is 5.75 Å². The second kappa shape index (κ2) is 6.03. The summed E-state index contributed by atoms with van der Waals surface area (Å²) in [7, 11) is 1.65. The van der Waals surface area contributed by atoms with E-state index < -0.39 is 6.23 Å². The van der Waals surface area contributed by atoms with Gasteiger partial charge in [0, 0.05) is 12.9 Å². The summed E-state index contributed by atoms with van der Waals surface area (Å²) >= 11 is 1.49. The Hall–Kier alpha value is -0.550. The van der Waals surface area contributed by atoms with E-state index >= 15 is 0 Å². The van der Waals surface area contributed by atoms with E-state index in [1.54, 1.807) is 7.11 Å². The van der Waals surface area contributed by atoms with Crippen molar-refractivity contribution in [3.05, 3.63) is 35.9 Å². The third-order valence-electron chi connectivity index (χ3n) is 1.70. The molecule has 3 N–H and O–H groups in total. The molecule has 0 spiro atoms. The first kappa shape index (κ1) is 11.5. The van der Waals surface area contributed by atoms with Gasteiger partial charge >= 0.3 is 0 Å². The number of hydrogen-bond donors (Lipinski definition) is 2. The predicted molar refractivity (Wildman–Crippen MR) is 58.8 cm³/mol. The molecule has 0 aliphatic carbocycles. The summed E-state index contributed by atoms with van der Waals surface area (Å²) in [6.07, 6.45) is -0.790. The zero-order valence-electron chi connectivity index (χ0n) is 8.09. The maximum Gasteiger partial charge on any atom is 0.128 e. The molecule has 1 unspecified atom stereocenters. The molecule has 0 saturated heterocycles. The molecule has 78 valence electrons. The van der Waals surface area contributed by atoms with Gasteiger partial charge in [0.15, 0.2) is 0 Å². The van der Waals surface area contributed by atoms with E-state index in [4.69, 9.17) is 15.6 Å². The second-order valence-electron chi connectivity index (χ2n) is 2.88. The SMILES string of the molecule is COC(SC[C@H](N)O)c1ccccc1. The van der Waals surface area contributed by atoms with Gasteiger partial charge in [0.2, 0.25) is 0 Å². The molecular formula is C10H15NO2S. The first-order chi connectivity index (χ1) is 6.74. The van der Waals surface area contributed by atoms with Crippen LogP contribution in [0.1, 0.15) is 11.0 Å². The Morgan fingerprint density at radius 3 is 2.57 bits per heavy atom. The van der Waals surface area contributed by atoms with Gasteiger partial charge in [0.1, 0.15) is 11.7 Å². The predicted octanol–water partition coefficient (Wildman–Crippen LogP) is 1.34. The summed E-state index contributed by atoms with van der Waals surface area (Å²) in [5.74, 6) is 0.466. The van der Waals surface area contributed by atoms with E-state index in [9.17, 15) is 0 Å². The molecular weight excluding hydrogens is 198 g/mol. The van der Waals surface area contributed by atoms with Crippen LogP contribution in [0, 0.1) is 0 Å². The van der Waals surface area contributed by atoms with Crippen molar-refractivity contribution < 1.29 is 9.84 Å². The monoisotopic (exact) mass is 213 g/mol. The molecule has 1 aromatic rings. The number of benzene rings is 1. The third-order valence-corrected chi connectivity index (χ3v) is 3.01. The zero-order valence-corrected chi connectivity index (χ0v) is 8.91. The van der Waals surface area contributed by atoms with Crippen LogP contribution in [0.15, 0.2) is 30.3 Å². The third kappa shape index (κ3) is 3.67. The lowest BCUT2D eigenvalue weighted by atomic mass is 10.2. The minimum atomic E-state index is -0.790. The van der Waals surface area contributed by atoms with E-state index in [0.717, 1.165) is 5.56 Å². The molecule has 4 heteroatoms. The molecule has 3 nitrogen and oxygen atoms in total. The minimum absolute atomic E-state index is 0.0607. The van der Waals surface area contributed by atoms with Gasteiger partial charge in [0.25, 0.3) is 0 Å². The molecule has 0 bridgehead atoms. The molecule has 0 heterocycles. The molecule has 1 aromatic carbocycles. The number of aliphatic hydroxyl groups excluding tert-OH is 1. The van der Waals surface area contributed by atoms with Crippen LogP contribution < -0.4 is 5.73 Å². The fraction of sp³-hybridized carbons (Fsp3) is 0.400. The number of thioether (sulfide) groups is 1. The minimum Gasteiger partial charge on any atom is -0.378 e. The number of ether oxygens (including phenoxy) is 1. The molecule has 0 aromatic heterocycles. The summed E-state index contributed by atoms with van der Waals surface area (Å²) < 4.78 is 5.28. The van der Waals surface area contributed by atoms with Crippen molar-refractivity contribution >= 4 is 11.8 Å². The van der Waals surface area contributed by atoms with Crippen LogP contribution in [0.4, 0.5) is 0 Å². The Morgan fingerprint density at radius 2 is 2.07 bits per heavy atom. The zero-order chi connectivity index (χ0) is 10.4. The normalized spacial score (nSPS) is 15.1.